The molecular formula is C8H7Cl2NO2. The lowest BCUT2D eigenvalue weighted by molar-refractivity contribution is -0.139. The SMILES string of the molecule is COC(=O)Cc1cnc(Cl)cc1Cl. The topological polar surface area (TPSA) is 39.2 Å². The Morgan fingerprint density at radius 2 is 2.31 bits per heavy atom. The molecule has 0 atom stereocenters. The lowest BCUT2D eigenvalue weighted by Gasteiger charge is -2.01. The van der Waals surface area contributed by atoms with Gasteiger partial charge in [0.05, 0.1) is 13.5 Å². The highest BCUT2D eigenvalue weighted by Gasteiger charge is 2.07. The minimum Gasteiger partial charge on any atom is -0.469 e. The molecule has 0 aliphatic rings. The number of halogens is 2. The van der Waals surface area contributed by atoms with Crippen LogP contribution in [0.15, 0.2) is 12.3 Å². The normalized spacial score (nSPS) is 9.77. The van der Waals surface area contributed by atoms with E-state index in [2.05, 4.69) is 9.72 Å². The van der Waals surface area contributed by atoms with Gasteiger partial charge in [0, 0.05) is 16.8 Å². The summed E-state index contributed by atoms with van der Waals surface area (Å²) < 4.78 is 4.48. The molecule has 0 amide bonds. The van der Waals surface area contributed by atoms with E-state index in [1.54, 1.807) is 0 Å². The van der Waals surface area contributed by atoms with Gasteiger partial charge in [-0.15, -0.1) is 0 Å². The van der Waals surface area contributed by atoms with Gasteiger partial charge in [-0.3, -0.25) is 4.79 Å². The van der Waals surface area contributed by atoms with Crippen LogP contribution in [0, 0.1) is 0 Å². The van der Waals surface area contributed by atoms with Gasteiger partial charge in [-0.05, 0) is 6.07 Å². The smallest absolute Gasteiger partial charge is 0.310 e. The second-order valence-corrected chi connectivity index (χ2v) is 3.15. The average Bonchev–Trinajstić information content (AvgIpc) is 2.09. The number of methoxy groups -OCH3 is 1. The molecule has 0 unspecified atom stereocenters. The Morgan fingerprint density at radius 1 is 1.62 bits per heavy atom. The molecule has 1 heterocycles. The number of esters is 1. The van der Waals surface area contributed by atoms with Crippen molar-refractivity contribution in [1.82, 2.24) is 4.98 Å². The molecule has 0 aliphatic carbocycles. The van der Waals surface area contributed by atoms with Crippen LogP contribution < -0.4 is 0 Å². The van der Waals surface area contributed by atoms with E-state index in [0.29, 0.717) is 15.7 Å². The Morgan fingerprint density at radius 3 is 2.85 bits per heavy atom. The fourth-order valence-corrected chi connectivity index (χ4v) is 1.23. The quantitative estimate of drug-likeness (QED) is 0.565. The highest BCUT2D eigenvalue weighted by Crippen LogP contribution is 2.18. The molecule has 0 radical (unpaired) electrons. The highest BCUT2D eigenvalue weighted by atomic mass is 35.5. The Bertz CT molecular complexity index is 328. The van der Waals surface area contributed by atoms with Crippen LogP contribution >= 0.6 is 23.2 Å². The van der Waals surface area contributed by atoms with Gasteiger partial charge in [-0.1, -0.05) is 23.2 Å². The van der Waals surface area contributed by atoms with Crippen LogP contribution in [-0.2, 0) is 16.0 Å². The molecule has 1 aromatic rings. The first-order chi connectivity index (χ1) is 6.13. The maximum Gasteiger partial charge on any atom is 0.310 e. The largest absolute Gasteiger partial charge is 0.469 e. The molecule has 0 saturated carbocycles. The van der Waals surface area contributed by atoms with Crippen LogP contribution in [0.25, 0.3) is 0 Å². The first-order valence-electron chi connectivity index (χ1n) is 3.50. The van der Waals surface area contributed by atoms with E-state index in [-0.39, 0.29) is 12.4 Å². The van der Waals surface area contributed by atoms with E-state index in [4.69, 9.17) is 23.2 Å². The minimum absolute atomic E-state index is 0.111. The first-order valence-corrected chi connectivity index (χ1v) is 4.26. The van der Waals surface area contributed by atoms with Crippen molar-refractivity contribution >= 4 is 29.2 Å². The summed E-state index contributed by atoms with van der Waals surface area (Å²) in [5.41, 5.74) is 0.609. The minimum atomic E-state index is -0.356. The van der Waals surface area contributed by atoms with Gasteiger partial charge in [-0.2, -0.15) is 0 Å². The van der Waals surface area contributed by atoms with E-state index < -0.39 is 0 Å². The van der Waals surface area contributed by atoms with Crippen molar-refractivity contribution in [3.63, 3.8) is 0 Å². The van der Waals surface area contributed by atoms with Crippen LogP contribution in [0.4, 0.5) is 0 Å². The number of carbonyl (C=O) groups is 1. The molecule has 0 spiro atoms. The number of nitrogens with zero attached hydrogens (tertiary/aromatic N) is 1. The van der Waals surface area contributed by atoms with Crippen LogP contribution in [0.5, 0.6) is 0 Å². The van der Waals surface area contributed by atoms with Crippen molar-refractivity contribution in [1.29, 1.82) is 0 Å². The summed E-state index contributed by atoms with van der Waals surface area (Å²) in [7, 11) is 1.32. The van der Waals surface area contributed by atoms with E-state index >= 15 is 0 Å². The zero-order valence-corrected chi connectivity index (χ0v) is 8.39. The predicted molar refractivity (Wildman–Crippen MR) is 50.0 cm³/mol. The van der Waals surface area contributed by atoms with Gasteiger partial charge in [-0.25, -0.2) is 4.98 Å². The summed E-state index contributed by atoms with van der Waals surface area (Å²) in [4.78, 5) is 14.7. The molecule has 70 valence electrons. The summed E-state index contributed by atoms with van der Waals surface area (Å²) in [6.45, 7) is 0. The van der Waals surface area contributed by atoms with Crippen molar-refractivity contribution in [2.75, 3.05) is 7.11 Å². The fraction of sp³-hybridized carbons (Fsp3) is 0.250. The van der Waals surface area contributed by atoms with E-state index in [1.807, 2.05) is 0 Å². The maximum atomic E-state index is 10.9. The Kier molecular flexibility index (Phi) is 3.51. The van der Waals surface area contributed by atoms with Gasteiger partial charge in [0.15, 0.2) is 0 Å². The number of carbonyl (C=O) groups excluding carboxylic acids is 1. The maximum absolute atomic E-state index is 10.9. The molecule has 0 fully saturated rings. The number of aromatic nitrogens is 1. The van der Waals surface area contributed by atoms with Crippen molar-refractivity contribution < 1.29 is 9.53 Å². The van der Waals surface area contributed by atoms with Crippen LogP contribution in [0.2, 0.25) is 10.2 Å². The predicted octanol–water partition coefficient (Wildman–Crippen LogP) is 2.10. The summed E-state index contributed by atoms with van der Waals surface area (Å²) in [6.07, 6.45) is 1.57. The second-order valence-electron chi connectivity index (χ2n) is 2.35. The van der Waals surface area contributed by atoms with Gasteiger partial charge in [0.25, 0.3) is 0 Å². The van der Waals surface area contributed by atoms with Crippen molar-refractivity contribution in [3.05, 3.63) is 28.0 Å². The Labute approximate surface area is 85.6 Å². The van der Waals surface area contributed by atoms with Crippen LogP contribution in [0.1, 0.15) is 5.56 Å². The number of rotatable bonds is 2. The molecule has 0 N–H and O–H groups in total. The Hall–Kier alpha value is -0.800. The molecule has 1 rings (SSSR count). The summed E-state index contributed by atoms with van der Waals surface area (Å²) >= 11 is 11.4. The van der Waals surface area contributed by atoms with Crippen molar-refractivity contribution in [3.8, 4) is 0 Å². The molecular weight excluding hydrogens is 213 g/mol. The molecule has 0 aromatic carbocycles. The molecule has 3 nitrogen and oxygen atoms in total. The third kappa shape index (κ3) is 2.86. The molecule has 1 aromatic heterocycles. The molecule has 0 bridgehead atoms. The van der Waals surface area contributed by atoms with Gasteiger partial charge >= 0.3 is 5.97 Å². The van der Waals surface area contributed by atoms with Crippen LogP contribution in [-0.4, -0.2) is 18.1 Å². The summed E-state index contributed by atoms with van der Waals surface area (Å²) in [6, 6.07) is 1.49. The zero-order valence-electron chi connectivity index (χ0n) is 6.88. The van der Waals surface area contributed by atoms with E-state index in [9.17, 15) is 4.79 Å². The lowest BCUT2D eigenvalue weighted by Crippen LogP contribution is -2.05. The molecule has 0 aliphatic heterocycles. The number of pyridine rings is 1. The molecule has 0 saturated heterocycles. The van der Waals surface area contributed by atoms with Gasteiger partial charge in [0.1, 0.15) is 5.15 Å². The third-order valence-corrected chi connectivity index (χ3v) is 2.02. The number of hydrogen-bond acceptors (Lipinski definition) is 3. The molecule has 5 heteroatoms. The Balaban J connectivity index is 2.83. The fourth-order valence-electron chi connectivity index (χ4n) is 0.794. The average molecular weight is 220 g/mol. The summed E-state index contributed by atoms with van der Waals surface area (Å²) in [5.74, 6) is -0.356. The van der Waals surface area contributed by atoms with E-state index in [0.717, 1.165) is 0 Å². The van der Waals surface area contributed by atoms with Gasteiger partial charge in [0.2, 0.25) is 0 Å². The van der Waals surface area contributed by atoms with Gasteiger partial charge < -0.3 is 4.74 Å². The monoisotopic (exact) mass is 219 g/mol. The van der Waals surface area contributed by atoms with Crippen LogP contribution in [0.3, 0.4) is 0 Å². The number of ether oxygens (including phenoxy) is 1. The number of hydrogen-bond donors (Lipinski definition) is 0. The van der Waals surface area contributed by atoms with E-state index in [1.165, 1.54) is 19.4 Å². The first kappa shape index (κ1) is 10.3. The van der Waals surface area contributed by atoms with Crippen molar-refractivity contribution in [2.24, 2.45) is 0 Å². The third-order valence-electron chi connectivity index (χ3n) is 1.46. The lowest BCUT2D eigenvalue weighted by atomic mass is 10.2. The zero-order chi connectivity index (χ0) is 9.84. The van der Waals surface area contributed by atoms with Crippen molar-refractivity contribution in [2.45, 2.75) is 6.42 Å². The highest BCUT2D eigenvalue weighted by molar-refractivity contribution is 6.34. The second kappa shape index (κ2) is 4.44. The summed E-state index contributed by atoms with van der Waals surface area (Å²) in [5, 5.41) is 0.726. The molecule has 13 heavy (non-hydrogen) atoms. The standard InChI is InChI=1S/C8H7Cl2NO2/c1-13-8(12)2-5-4-11-7(10)3-6(5)9/h3-4H,2H2,1H3.